The van der Waals surface area contributed by atoms with Gasteiger partial charge in [-0.2, -0.15) is 0 Å². The van der Waals surface area contributed by atoms with E-state index in [0.717, 1.165) is 42.2 Å². The quantitative estimate of drug-likeness (QED) is 0.156. The van der Waals surface area contributed by atoms with Crippen molar-refractivity contribution in [2.75, 3.05) is 6.26 Å². The van der Waals surface area contributed by atoms with Crippen molar-refractivity contribution < 1.29 is 14.3 Å². The van der Waals surface area contributed by atoms with Gasteiger partial charge in [-0.25, -0.2) is 9.87 Å². The summed E-state index contributed by atoms with van der Waals surface area (Å²) in [5.74, 6) is 2.20. The number of benzene rings is 1. The first kappa shape index (κ1) is 21.9. The van der Waals surface area contributed by atoms with Crippen molar-refractivity contribution in [3.05, 3.63) is 48.3 Å². The molecule has 4 aliphatic carbocycles. The zero-order valence-electron chi connectivity index (χ0n) is 19.8. The highest BCUT2D eigenvalue weighted by atomic mass is 32.2. The molecule has 1 aromatic heterocycles. The summed E-state index contributed by atoms with van der Waals surface area (Å²) in [7, 11) is 0. The summed E-state index contributed by atoms with van der Waals surface area (Å²) < 4.78 is 7.25. The highest BCUT2D eigenvalue weighted by Crippen LogP contribution is 2.65. The molecule has 4 aliphatic rings. The summed E-state index contributed by atoms with van der Waals surface area (Å²) in [5.41, 5.74) is 5.88. The van der Waals surface area contributed by atoms with Gasteiger partial charge in [-0.05, 0) is 80.2 Å². The molecule has 33 heavy (non-hydrogen) atoms. The lowest BCUT2D eigenvalue weighted by atomic mass is 9.48. The van der Waals surface area contributed by atoms with Crippen molar-refractivity contribution in [1.82, 2.24) is 9.55 Å². The monoisotopic (exact) mass is 466 g/mol. The minimum Gasteiger partial charge on any atom is -0.302 e. The van der Waals surface area contributed by atoms with E-state index < -0.39 is 0 Å². The number of allylic oxidation sites excluding steroid dienone is 3. The van der Waals surface area contributed by atoms with E-state index in [1.165, 1.54) is 43.3 Å². The minimum absolute atomic E-state index is 0.0937. The molecule has 5 nitrogen and oxygen atoms in total. The van der Waals surface area contributed by atoms with Crippen LogP contribution < -0.4 is 0 Å². The predicted molar refractivity (Wildman–Crippen MR) is 132 cm³/mol. The van der Waals surface area contributed by atoms with Crippen LogP contribution in [0, 0.1) is 28.6 Å². The third-order valence-corrected chi connectivity index (χ3v) is 9.77. The molecule has 1 heterocycles. The van der Waals surface area contributed by atoms with Gasteiger partial charge < -0.3 is 4.57 Å². The molecule has 176 valence electrons. The van der Waals surface area contributed by atoms with Gasteiger partial charge >= 0.3 is 0 Å². The van der Waals surface area contributed by atoms with E-state index in [1.54, 1.807) is 5.57 Å². The van der Waals surface area contributed by atoms with Crippen LogP contribution in [-0.4, -0.2) is 21.9 Å². The van der Waals surface area contributed by atoms with Crippen LogP contribution in [0.3, 0.4) is 0 Å². The van der Waals surface area contributed by atoms with Crippen molar-refractivity contribution >= 4 is 28.8 Å². The first-order chi connectivity index (χ1) is 16.0. The van der Waals surface area contributed by atoms with Crippen molar-refractivity contribution in [2.24, 2.45) is 28.6 Å². The summed E-state index contributed by atoms with van der Waals surface area (Å²) >= 11 is 1.16. The van der Waals surface area contributed by atoms with Gasteiger partial charge in [0.1, 0.15) is 6.33 Å². The third kappa shape index (κ3) is 3.36. The van der Waals surface area contributed by atoms with E-state index in [0.29, 0.717) is 5.92 Å². The number of imidazole rings is 1. The fourth-order valence-corrected chi connectivity index (χ4v) is 7.97. The molecule has 6 heteroatoms. The number of aromatic nitrogens is 2. The largest absolute Gasteiger partial charge is 0.302 e. The molecule has 0 radical (unpaired) electrons. The SMILES string of the molecule is CSOOO[C@H]1CC[C@@]2(C)C(=CCC3C2CC[C@]2(C)C(n4cnc5ccccc54)=CCC32)C1. The molecule has 6 atom stereocenters. The zero-order valence-corrected chi connectivity index (χ0v) is 20.6. The Bertz CT molecular complexity index is 1110. The van der Waals surface area contributed by atoms with Gasteiger partial charge in [0, 0.05) is 29.4 Å². The number of para-hydroxylation sites is 2. The van der Waals surface area contributed by atoms with Crippen LogP contribution >= 0.6 is 12.0 Å². The van der Waals surface area contributed by atoms with Crippen LogP contribution in [0.1, 0.15) is 58.8 Å². The van der Waals surface area contributed by atoms with Gasteiger partial charge in [-0.1, -0.05) is 48.7 Å². The molecular weight excluding hydrogens is 432 g/mol. The fraction of sp³-hybridized carbons (Fsp3) is 0.593. The molecule has 0 aliphatic heterocycles. The number of hydrogen-bond acceptors (Lipinski definition) is 5. The first-order valence-electron chi connectivity index (χ1n) is 12.4. The smallest absolute Gasteiger partial charge is 0.100 e. The lowest BCUT2D eigenvalue weighted by molar-refractivity contribution is -0.478. The number of nitrogens with zero attached hydrogens (tertiary/aromatic N) is 2. The Hall–Kier alpha value is -1.60. The van der Waals surface area contributed by atoms with Crippen LogP contribution in [0.2, 0.25) is 0 Å². The molecule has 2 aromatic rings. The summed E-state index contributed by atoms with van der Waals surface area (Å²) in [6.45, 7) is 5.05. The normalized spacial score (nSPS) is 37.8. The van der Waals surface area contributed by atoms with Crippen molar-refractivity contribution in [1.29, 1.82) is 0 Å². The van der Waals surface area contributed by atoms with Gasteiger partial charge in [-0.15, -0.1) is 4.33 Å². The molecule has 0 saturated heterocycles. The van der Waals surface area contributed by atoms with Gasteiger partial charge in [-0.3, -0.25) is 0 Å². The summed E-state index contributed by atoms with van der Waals surface area (Å²) in [6, 6.07) is 8.52. The van der Waals surface area contributed by atoms with E-state index >= 15 is 0 Å². The van der Waals surface area contributed by atoms with Crippen LogP contribution in [0.4, 0.5) is 0 Å². The highest BCUT2D eigenvalue weighted by Gasteiger charge is 2.57. The maximum atomic E-state index is 5.53. The topological polar surface area (TPSA) is 45.5 Å². The Morgan fingerprint density at radius 1 is 1.03 bits per heavy atom. The second kappa shape index (κ2) is 8.26. The third-order valence-electron chi connectivity index (χ3n) is 9.58. The van der Waals surface area contributed by atoms with E-state index in [9.17, 15) is 0 Å². The Kier molecular flexibility index (Phi) is 5.48. The Balaban J connectivity index is 1.25. The second-order valence-corrected chi connectivity index (χ2v) is 11.4. The molecule has 2 saturated carbocycles. The molecule has 6 rings (SSSR count). The van der Waals surface area contributed by atoms with E-state index in [-0.39, 0.29) is 16.9 Å². The van der Waals surface area contributed by atoms with Crippen molar-refractivity contribution in [3.8, 4) is 0 Å². The zero-order chi connectivity index (χ0) is 22.6. The van der Waals surface area contributed by atoms with E-state index in [4.69, 9.17) is 19.2 Å². The summed E-state index contributed by atoms with van der Waals surface area (Å²) in [6.07, 6.45) is 17.1. The number of hydrogen-bond donors (Lipinski definition) is 0. The van der Waals surface area contributed by atoms with Crippen LogP contribution in [0.5, 0.6) is 0 Å². The van der Waals surface area contributed by atoms with Crippen molar-refractivity contribution in [3.63, 3.8) is 0 Å². The van der Waals surface area contributed by atoms with Crippen LogP contribution in [0.15, 0.2) is 48.3 Å². The standard InChI is InChI=1S/C27H34N2O3S/c1-26-14-12-19(30-31-32-33-3)16-18(26)8-9-20-21-10-11-25(27(21,2)15-13-22(20)26)29-17-28-23-6-4-5-7-24(23)29/h4-8,11,17,19-22H,9-10,12-16H2,1-3H3/t19-,20?,21?,22?,26-,27-/m0/s1. The van der Waals surface area contributed by atoms with E-state index in [2.05, 4.69) is 54.8 Å². The fourth-order valence-electron chi connectivity index (χ4n) is 7.88. The van der Waals surface area contributed by atoms with Gasteiger partial charge in [0.15, 0.2) is 0 Å². The van der Waals surface area contributed by atoms with Crippen LogP contribution in [-0.2, 0) is 14.3 Å². The maximum absolute atomic E-state index is 5.53. The van der Waals surface area contributed by atoms with Gasteiger partial charge in [0.05, 0.1) is 17.1 Å². The number of rotatable bonds is 5. The molecular formula is C27H34N2O3S. The summed E-state index contributed by atoms with van der Waals surface area (Å²) in [4.78, 5) is 10.2. The minimum atomic E-state index is 0.0937. The first-order valence-corrected chi connectivity index (χ1v) is 13.5. The average Bonchev–Trinajstić information content (AvgIpc) is 3.39. The van der Waals surface area contributed by atoms with Gasteiger partial charge in [0.2, 0.25) is 0 Å². The summed E-state index contributed by atoms with van der Waals surface area (Å²) in [5, 5.41) is 4.91. The predicted octanol–water partition coefficient (Wildman–Crippen LogP) is 6.98. The Morgan fingerprint density at radius 2 is 1.88 bits per heavy atom. The van der Waals surface area contributed by atoms with E-state index in [1.807, 2.05) is 12.6 Å². The highest BCUT2D eigenvalue weighted by molar-refractivity contribution is 7.93. The molecule has 1 aromatic carbocycles. The maximum Gasteiger partial charge on any atom is 0.100 e. The van der Waals surface area contributed by atoms with Gasteiger partial charge in [0.25, 0.3) is 0 Å². The number of fused-ring (bicyclic) bond motifs is 6. The molecule has 2 fully saturated rings. The molecule has 3 unspecified atom stereocenters. The lowest BCUT2D eigenvalue weighted by Crippen LogP contribution is -2.50. The average molecular weight is 467 g/mol. The molecule has 0 spiro atoms. The Morgan fingerprint density at radius 3 is 2.76 bits per heavy atom. The molecule has 0 bridgehead atoms. The van der Waals surface area contributed by atoms with Crippen molar-refractivity contribution in [2.45, 2.75) is 64.9 Å². The lowest BCUT2D eigenvalue weighted by Gasteiger charge is -2.57. The van der Waals surface area contributed by atoms with Crippen LogP contribution in [0.25, 0.3) is 16.7 Å². The Labute approximate surface area is 200 Å². The molecule has 0 N–H and O–H groups in total. The molecule has 0 amide bonds. The second-order valence-electron chi connectivity index (χ2n) is 10.9.